The van der Waals surface area contributed by atoms with Crippen molar-refractivity contribution >= 4 is 27.3 Å². The molecule has 1 aliphatic carbocycles. The maximum atomic E-state index is 13.5. The molecule has 1 aromatic heterocycles. The molecule has 2 aromatic carbocycles. The van der Waals surface area contributed by atoms with E-state index in [9.17, 15) is 40.0 Å². The van der Waals surface area contributed by atoms with Crippen molar-refractivity contribution in [3.05, 3.63) is 59.3 Å². The highest BCUT2D eigenvalue weighted by Gasteiger charge is 2.46. The standard InChI is InChI=1S/C26H23F5N4O6S/c1-42(38,39)11-19(36)32-21-20(14-2-4-16(5-3-14)41-24(27)28)34-35-12-25(33-23(37)22(21)35)9-8-15-10-17(6-7-18(15)25)40-13-26(29,30)31/h2-7,10,24H,8-9,11-13H2,1H3,(H,32,36)(H,33,37)/t25-/m0/s1. The first-order valence-corrected chi connectivity index (χ1v) is 14.5. The number of ether oxygens (including phenoxy) is 2. The number of nitrogens with zero attached hydrogens (tertiary/aromatic N) is 2. The van der Waals surface area contributed by atoms with E-state index in [1.165, 1.54) is 41.1 Å². The van der Waals surface area contributed by atoms with Crippen LogP contribution in [0.15, 0.2) is 42.5 Å². The van der Waals surface area contributed by atoms with Gasteiger partial charge in [-0.05, 0) is 60.4 Å². The monoisotopic (exact) mass is 614 g/mol. The van der Waals surface area contributed by atoms with Gasteiger partial charge in [0.05, 0.1) is 12.1 Å². The number of carbonyl (C=O) groups excluding carboxylic acids is 2. The number of rotatable bonds is 8. The SMILES string of the molecule is CS(=O)(=O)CC(=O)Nc1c(-c2ccc(OC(F)F)cc2)nn2c1C(=O)N[C@@]1(CCc3cc(OCC(F)(F)F)ccc31)C2. The molecular formula is C26H23F5N4O6S. The lowest BCUT2D eigenvalue weighted by Gasteiger charge is -2.36. The summed E-state index contributed by atoms with van der Waals surface area (Å²) >= 11 is 0. The van der Waals surface area contributed by atoms with Crippen LogP contribution in [0.2, 0.25) is 0 Å². The molecule has 0 radical (unpaired) electrons. The van der Waals surface area contributed by atoms with Crippen LogP contribution >= 0.6 is 0 Å². The predicted molar refractivity (Wildman–Crippen MR) is 138 cm³/mol. The van der Waals surface area contributed by atoms with Gasteiger partial charge in [-0.3, -0.25) is 14.3 Å². The number of anilines is 1. The number of nitrogens with one attached hydrogen (secondary N) is 2. The van der Waals surface area contributed by atoms with Crippen molar-refractivity contribution in [1.82, 2.24) is 15.1 Å². The average molecular weight is 615 g/mol. The third-order valence-electron chi connectivity index (χ3n) is 6.77. The number of alkyl halides is 5. The van der Waals surface area contributed by atoms with E-state index >= 15 is 0 Å². The minimum Gasteiger partial charge on any atom is -0.484 e. The molecule has 0 unspecified atom stereocenters. The molecule has 2 N–H and O–H groups in total. The van der Waals surface area contributed by atoms with E-state index in [-0.39, 0.29) is 35.1 Å². The van der Waals surface area contributed by atoms with Crippen LogP contribution in [0.3, 0.4) is 0 Å². The van der Waals surface area contributed by atoms with Gasteiger partial charge >= 0.3 is 12.8 Å². The lowest BCUT2D eigenvalue weighted by atomic mass is 9.89. The Labute approximate surface area is 235 Å². The zero-order valence-electron chi connectivity index (χ0n) is 21.8. The minimum atomic E-state index is -4.50. The van der Waals surface area contributed by atoms with E-state index in [1.54, 1.807) is 6.07 Å². The third kappa shape index (κ3) is 6.17. The number of sulfone groups is 1. The molecule has 0 saturated heterocycles. The number of aryl methyl sites for hydroxylation is 1. The molecule has 2 heterocycles. The van der Waals surface area contributed by atoms with Crippen LogP contribution in [0.25, 0.3) is 11.3 Å². The highest BCUT2D eigenvalue weighted by atomic mass is 32.2. The highest BCUT2D eigenvalue weighted by molar-refractivity contribution is 7.91. The fourth-order valence-corrected chi connectivity index (χ4v) is 5.73. The summed E-state index contributed by atoms with van der Waals surface area (Å²) < 4.78 is 97.0. The van der Waals surface area contributed by atoms with E-state index in [1.807, 2.05) is 0 Å². The van der Waals surface area contributed by atoms with Gasteiger partial charge in [-0.1, -0.05) is 6.07 Å². The van der Waals surface area contributed by atoms with E-state index < -0.39 is 52.3 Å². The zero-order chi connectivity index (χ0) is 30.4. The number of benzene rings is 2. The molecule has 3 aromatic rings. The summed E-state index contributed by atoms with van der Waals surface area (Å²) in [6.45, 7) is -4.43. The van der Waals surface area contributed by atoms with Crippen LogP contribution < -0.4 is 20.1 Å². The van der Waals surface area contributed by atoms with Gasteiger partial charge in [0.25, 0.3) is 5.91 Å². The lowest BCUT2D eigenvalue weighted by molar-refractivity contribution is -0.153. The first-order chi connectivity index (χ1) is 19.6. The lowest BCUT2D eigenvalue weighted by Crippen LogP contribution is -2.52. The topological polar surface area (TPSA) is 129 Å². The normalized spacial score (nSPS) is 18.0. The molecule has 0 fully saturated rings. The molecule has 1 aliphatic heterocycles. The van der Waals surface area contributed by atoms with Crippen LogP contribution in [0, 0.1) is 0 Å². The number of aromatic nitrogens is 2. The Kier molecular flexibility index (Phi) is 7.37. The first-order valence-electron chi connectivity index (χ1n) is 12.4. The van der Waals surface area contributed by atoms with Crippen LogP contribution in [-0.4, -0.2) is 61.4 Å². The molecule has 42 heavy (non-hydrogen) atoms. The van der Waals surface area contributed by atoms with Gasteiger partial charge in [0.15, 0.2) is 22.1 Å². The Bertz CT molecular complexity index is 1660. The molecule has 1 atom stereocenters. The van der Waals surface area contributed by atoms with Gasteiger partial charge in [-0.15, -0.1) is 0 Å². The third-order valence-corrected chi connectivity index (χ3v) is 7.55. The van der Waals surface area contributed by atoms with Gasteiger partial charge in [0, 0.05) is 11.8 Å². The first kappa shape index (κ1) is 29.3. The Morgan fingerprint density at radius 2 is 1.86 bits per heavy atom. The molecule has 0 saturated carbocycles. The Morgan fingerprint density at radius 1 is 1.17 bits per heavy atom. The molecular weight excluding hydrogens is 591 g/mol. The van der Waals surface area contributed by atoms with Crippen molar-refractivity contribution < 1.29 is 49.4 Å². The van der Waals surface area contributed by atoms with Crippen LogP contribution in [-0.2, 0) is 33.1 Å². The number of hydrogen-bond donors (Lipinski definition) is 2. The van der Waals surface area contributed by atoms with E-state index in [0.29, 0.717) is 29.5 Å². The second-order valence-corrected chi connectivity index (χ2v) is 12.2. The van der Waals surface area contributed by atoms with Crippen molar-refractivity contribution in [3.8, 4) is 22.8 Å². The quantitative estimate of drug-likeness (QED) is 0.371. The van der Waals surface area contributed by atoms with Crippen molar-refractivity contribution in [2.45, 2.75) is 37.7 Å². The highest BCUT2D eigenvalue weighted by Crippen LogP contribution is 2.44. The van der Waals surface area contributed by atoms with Gasteiger partial charge in [-0.2, -0.15) is 27.1 Å². The molecule has 1 spiro atoms. The molecule has 2 amide bonds. The minimum absolute atomic E-state index is 0.0301. The molecule has 10 nitrogen and oxygen atoms in total. The maximum Gasteiger partial charge on any atom is 0.422 e. The van der Waals surface area contributed by atoms with Gasteiger partial charge < -0.3 is 20.1 Å². The summed E-state index contributed by atoms with van der Waals surface area (Å²) in [5.74, 6) is -2.54. The van der Waals surface area contributed by atoms with Crippen molar-refractivity contribution in [3.63, 3.8) is 0 Å². The molecule has 0 bridgehead atoms. The van der Waals surface area contributed by atoms with Crippen molar-refractivity contribution in [2.75, 3.05) is 23.9 Å². The fourth-order valence-electron chi connectivity index (χ4n) is 5.18. The predicted octanol–water partition coefficient (Wildman–Crippen LogP) is 3.66. The van der Waals surface area contributed by atoms with Gasteiger partial charge in [-0.25, -0.2) is 8.42 Å². The summed E-state index contributed by atoms with van der Waals surface area (Å²) in [5, 5.41) is 9.94. The Hall–Kier alpha value is -4.21. The summed E-state index contributed by atoms with van der Waals surface area (Å²) in [5.41, 5.74) is 0.617. The zero-order valence-corrected chi connectivity index (χ0v) is 22.6. The number of carbonyl (C=O) groups is 2. The summed E-state index contributed by atoms with van der Waals surface area (Å²) in [6, 6.07) is 9.72. The van der Waals surface area contributed by atoms with Gasteiger partial charge in [0.2, 0.25) is 5.91 Å². The van der Waals surface area contributed by atoms with Crippen LogP contribution in [0.1, 0.15) is 28.0 Å². The van der Waals surface area contributed by atoms with Crippen molar-refractivity contribution in [1.29, 1.82) is 0 Å². The Morgan fingerprint density at radius 3 is 2.50 bits per heavy atom. The number of hydrogen-bond acceptors (Lipinski definition) is 7. The summed E-state index contributed by atoms with van der Waals surface area (Å²) in [4.78, 5) is 26.1. The number of fused-ring (bicyclic) bond motifs is 3. The van der Waals surface area contributed by atoms with Crippen LogP contribution in [0.4, 0.5) is 27.6 Å². The number of amides is 2. The second-order valence-electron chi connectivity index (χ2n) is 10.0. The maximum absolute atomic E-state index is 13.5. The van der Waals surface area contributed by atoms with Crippen LogP contribution in [0.5, 0.6) is 11.5 Å². The second kappa shape index (κ2) is 10.6. The largest absolute Gasteiger partial charge is 0.484 e. The fraction of sp³-hybridized carbons (Fsp3) is 0.346. The molecule has 2 aliphatic rings. The summed E-state index contributed by atoms with van der Waals surface area (Å²) in [6.07, 6.45) is -2.82. The smallest absolute Gasteiger partial charge is 0.422 e. The van der Waals surface area contributed by atoms with Crippen molar-refractivity contribution in [2.24, 2.45) is 0 Å². The molecule has 5 rings (SSSR count). The molecule has 16 heteroatoms. The Balaban J connectivity index is 1.51. The summed E-state index contributed by atoms with van der Waals surface area (Å²) in [7, 11) is -3.72. The van der Waals surface area contributed by atoms with E-state index in [0.717, 1.165) is 6.26 Å². The van der Waals surface area contributed by atoms with E-state index in [4.69, 9.17) is 4.74 Å². The van der Waals surface area contributed by atoms with E-state index in [2.05, 4.69) is 20.5 Å². The average Bonchev–Trinajstić information content (AvgIpc) is 3.39. The van der Waals surface area contributed by atoms with Gasteiger partial charge in [0.1, 0.15) is 28.6 Å². The molecule has 224 valence electrons. The number of halogens is 5.